The molecule has 0 saturated heterocycles. The van der Waals surface area contributed by atoms with Crippen molar-refractivity contribution in [2.45, 2.75) is 11.4 Å². The van der Waals surface area contributed by atoms with Gasteiger partial charge in [0.2, 0.25) is 10.0 Å². The molecule has 0 atom stereocenters. The molecule has 1 heterocycles. The van der Waals surface area contributed by atoms with Gasteiger partial charge in [-0.25, -0.2) is 17.9 Å². The van der Waals surface area contributed by atoms with Crippen LogP contribution in [0, 0.1) is 0 Å². The van der Waals surface area contributed by atoms with Crippen molar-refractivity contribution in [2.24, 2.45) is 0 Å². The van der Waals surface area contributed by atoms with Crippen molar-refractivity contribution in [2.75, 3.05) is 0 Å². The van der Waals surface area contributed by atoms with Gasteiger partial charge in [-0.2, -0.15) is 0 Å². The Morgan fingerprint density at radius 2 is 2.05 bits per heavy atom. The zero-order chi connectivity index (χ0) is 15.5. The van der Waals surface area contributed by atoms with E-state index in [0.29, 0.717) is 5.69 Å². The van der Waals surface area contributed by atoms with Crippen LogP contribution in [0.2, 0.25) is 5.02 Å². The highest BCUT2D eigenvalue weighted by atomic mass is 35.5. The molecule has 0 aliphatic heterocycles. The van der Waals surface area contributed by atoms with Crippen LogP contribution in [-0.4, -0.2) is 24.5 Å². The predicted molar refractivity (Wildman–Crippen MR) is 76.7 cm³/mol. The van der Waals surface area contributed by atoms with Gasteiger partial charge in [-0.1, -0.05) is 17.7 Å². The molecule has 0 amide bonds. The van der Waals surface area contributed by atoms with E-state index in [2.05, 4.69) is 9.71 Å². The first-order valence-electron chi connectivity index (χ1n) is 5.82. The number of hydrogen-bond donors (Lipinski definition) is 2. The summed E-state index contributed by atoms with van der Waals surface area (Å²) in [5.41, 5.74) is 0.412. The van der Waals surface area contributed by atoms with Gasteiger partial charge in [0.15, 0.2) is 0 Å². The second-order valence-electron chi connectivity index (χ2n) is 4.09. The topological polar surface area (TPSA) is 96.4 Å². The molecule has 0 aliphatic rings. The number of hydrogen-bond acceptors (Lipinski definition) is 4. The molecule has 2 rings (SSSR count). The Hall–Kier alpha value is -1.96. The number of pyridine rings is 1. The van der Waals surface area contributed by atoms with Crippen LogP contribution in [0.5, 0.6) is 0 Å². The Kier molecular flexibility index (Phi) is 4.56. The lowest BCUT2D eigenvalue weighted by molar-refractivity contribution is 0.0697. The molecule has 0 spiro atoms. The monoisotopic (exact) mass is 326 g/mol. The van der Waals surface area contributed by atoms with Gasteiger partial charge in [-0.05, 0) is 30.3 Å². The van der Waals surface area contributed by atoms with E-state index in [1.807, 2.05) is 0 Å². The first-order valence-corrected chi connectivity index (χ1v) is 7.69. The van der Waals surface area contributed by atoms with E-state index in [0.717, 1.165) is 12.1 Å². The Balaban J connectivity index is 2.20. The van der Waals surface area contributed by atoms with E-state index in [-0.39, 0.29) is 22.0 Å². The van der Waals surface area contributed by atoms with Gasteiger partial charge in [0.1, 0.15) is 0 Å². The summed E-state index contributed by atoms with van der Waals surface area (Å²) in [4.78, 5) is 14.7. The highest BCUT2D eigenvalue weighted by Gasteiger charge is 2.17. The molecular formula is C13H11ClN2O4S. The normalized spacial score (nSPS) is 11.3. The second kappa shape index (κ2) is 6.21. The summed E-state index contributed by atoms with van der Waals surface area (Å²) >= 11 is 5.76. The number of aromatic nitrogens is 1. The molecule has 110 valence electrons. The van der Waals surface area contributed by atoms with Crippen LogP contribution in [0.1, 0.15) is 16.1 Å². The minimum atomic E-state index is -3.79. The highest BCUT2D eigenvalue weighted by molar-refractivity contribution is 7.89. The SMILES string of the molecule is O=C(O)c1ccc(S(=O)(=O)NCc2ccccn2)cc1Cl. The lowest BCUT2D eigenvalue weighted by Gasteiger charge is -2.07. The summed E-state index contributed by atoms with van der Waals surface area (Å²) in [6.07, 6.45) is 1.56. The zero-order valence-corrected chi connectivity index (χ0v) is 12.2. The standard InChI is InChI=1S/C13H11ClN2O4S/c14-12-7-10(4-5-11(12)13(17)18)21(19,20)16-8-9-3-1-2-6-15-9/h1-7,16H,8H2,(H,17,18). The van der Waals surface area contributed by atoms with Gasteiger partial charge in [-0.3, -0.25) is 4.98 Å². The third-order valence-electron chi connectivity index (χ3n) is 2.65. The lowest BCUT2D eigenvalue weighted by Crippen LogP contribution is -2.23. The van der Waals surface area contributed by atoms with Gasteiger partial charge in [0.25, 0.3) is 0 Å². The number of aromatic carboxylic acids is 1. The maximum Gasteiger partial charge on any atom is 0.337 e. The summed E-state index contributed by atoms with van der Waals surface area (Å²) in [6, 6.07) is 8.60. The van der Waals surface area contributed by atoms with Crippen molar-refractivity contribution in [1.82, 2.24) is 9.71 Å². The van der Waals surface area contributed by atoms with Gasteiger partial charge < -0.3 is 5.11 Å². The van der Waals surface area contributed by atoms with Gasteiger partial charge >= 0.3 is 5.97 Å². The lowest BCUT2D eigenvalue weighted by atomic mass is 10.2. The van der Waals surface area contributed by atoms with Crippen LogP contribution < -0.4 is 4.72 Å². The summed E-state index contributed by atoms with van der Waals surface area (Å²) in [5, 5.41) is 8.72. The summed E-state index contributed by atoms with van der Waals surface area (Å²) in [7, 11) is -3.79. The molecule has 0 radical (unpaired) electrons. The van der Waals surface area contributed by atoms with Crippen LogP contribution >= 0.6 is 11.6 Å². The van der Waals surface area contributed by atoms with E-state index in [4.69, 9.17) is 16.7 Å². The predicted octanol–water partition coefficient (Wildman–Crippen LogP) is 1.91. The van der Waals surface area contributed by atoms with Crippen LogP contribution in [0.25, 0.3) is 0 Å². The minimum absolute atomic E-state index is 0.0292. The molecule has 2 N–H and O–H groups in total. The number of halogens is 1. The van der Waals surface area contributed by atoms with Crippen molar-refractivity contribution < 1.29 is 18.3 Å². The summed E-state index contributed by atoms with van der Waals surface area (Å²) < 4.78 is 26.6. The first kappa shape index (κ1) is 15.4. The fourth-order valence-corrected chi connectivity index (χ4v) is 2.94. The second-order valence-corrected chi connectivity index (χ2v) is 6.27. The van der Waals surface area contributed by atoms with E-state index < -0.39 is 16.0 Å². The number of benzene rings is 1. The van der Waals surface area contributed by atoms with Crippen molar-refractivity contribution in [1.29, 1.82) is 0 Å². The molecule has 1 aromatic heterocycles. The fourth-order valence-electron chi connectivity index (χ4n) is 1.59. The maximum atomic E-state index is 12.1. The average molecular weight is 327 g/mol. The van der Waals surface area contributed by atoms with E-state index in [1.54, 1.807) is 24.4 Å². The van der Waals surface area contributed by atoms with E-state index in [9.17, 15) is 13.2 Å². The number of rotatable bonds is 5. The fraction of sp³-hybridized carbons (Fsp3) is 0.0769. The molecular weight excluding hydrogens is 316 g/mol. The third kappa shape index (κ3) is 3.78. The van der Waals surface area contributed by atoms with E-state index in [1.165, 1.54) is 6.07 Å². The molecule has 2 aromatic rings. The first-order chi connectivity index (χ1) is 9.90. The molecule has 0 fully saturated rings. The largest absolute Gasteiger partial charge is 0.478 e. The number of nitrogens with zero attached hydrogens (tertiary/aromatic N) is 1. The number of carbonyl (C=O) groups is 1. The Bertz CT molecular complexity index is 763. The van der Waals surface area contributed by atoms with Crippen LogP contribution in [-0.2, 0) is 16.6 Å². The Labute approximate surface area is 126 Å². The van der Waals surface area contributed by atoms with Crippen molar-refractivity contribution in [3.63, 3.8) is 0 Å². The minimum Gasteiger partial charge on any atom is -0.478 e. The van der Waals surface area contributed by atoms with Crippen LogP contribution in [0.4, 0.5) is 0 Å². The third-order valence-corrected chi connectivity index (χ3v) is 4.36. The number of nitrogens with one attached hydrogen (secondary N) is 1. The van der Waals surface area contributed by atoms with Gasteiger partial charge in [-0.15, -0.1) is 0 Å². The van der Waals surface area contributed by atoms with Crippen LogP contribution in [0.15, 0.2) is 47.5 Å². The molecule has 0 aliphatic carbocycles. The van der Waals surface area contributed by atoms with Crippen molar-refractivity contribution in [3.05, 3.63) is 58.9 Å². The average Bonchev–Trinajstić information content (AvgIpc) is 2.46. The summed E-state index contributed by atoms with van der Waals surface area (Å²) in [5.74, 6) is -1.22. The van der Waals surface area contributed by atoms with Crippen molar-refractivity contribution >= 4 is 27.6 Å². The molecule has 1 aromatic carbocycles. The summed E-state index contributed by atoms with van der Waals surface area (Å²) in [6.45, 7) is 0.0292. The molecule has 21 heavy (non-hydrogen) atoms. The number of carboxylic acid groups (broad SMARTS) is 1. The maximum absolute atomic E-state index is 12.1. The van der Waals surface area contributed by atoms with Crippen LogP contribution in [0.3, 0.4) is 0 Å². The molecule has 6 nitrogen and oxygen atoms in total. The highest BCUT2D eigenvalue weighted by Crippen LogP contribution is 2.21. The van der Waals surface area contributed by atoms with Gasteiger partial charge in [0.05, 0.1) is 27.7 Å². The van der Waals surface area contributed by atoms with Gasteiger partial charge in [0, 0.05) is 6.20 Å². The molecule has 0 unspecified atom stereocenters. The zero-order valence-electron chi connectivity index (χ0n) is 10.7. The Morgan fingerprint density at radius 1 is 1.29 bits per heavy atom. The number of carboxylic acids is 1. The van der Waals surface area contributed by atoms with E-state index >= 15 is 0 Å². The Morgan fingerprint density at radius 3 is 2.62 bits per heavy atom. The quantitative estimate of drug-likeness (QED) is 0.875. The smallest absolute Gasteiger partial charge is 0.337 e. The molecule has 0 bridgehead atoms. The molecule has 8 heteroatoms. The van der Waals surface area contributed by atoms with Crippen molar-refractivity contribution in [3.8, 4) is 0 Å². The molecule has 0 saturated carbocycles. The number of sulfonamides is 1.